The van der Waals surface area contributed by atoms with Crippen LogP contribution in [0.5, 0.6) is 0 Å². The van der Waals surface area contributed by atoms with Crippen LogP contribution in [0.25, 0.3) is 0 Å². The Morgan fingerprint density at radius 3 is 2.81 bits per heavy atom. The molecular formula is C12H19N3O. The summed E-state index contributed by atoms with van der Waals surface area (Å²) in [5, 5.41) is 0. The van der Waals surface area contributed by atoms with E-state index in [-0.39, 0.29) is 0 Å². The molecule has 1 aromatic rings. The van der Waals surface area contributed by atoms with Crippen LogP contribution in [0.4, 0.5) is 17.1 Å². The number of nitrogens with zero attached hydrogens (tertiary/aromatic N) is 1. The summed E-state index contributed by atoms with van der Waals surface area (Å²) in [5.41, 5.74) is 13.9. The van der Waals surface area contributed by atoms with Crippen LogP contribution in [-0.2, 0) is 4.74 Å². The molecule has 2 rings (SSSR count). The van der Waals surface area contributed by atoms with Gasteiger partial charge in [0.15, 0.2) is 0 Å². The molecule has 0 amide bonds. The van der Waals surface area contributed by atoms with Gasteiger partial charge in [-0.15, -0.1) is 0 Å². The Morgan fingerprint density at radius 1 is 1.31 bits per heavy atom. The van der Waals surface area contributed by atoms with E-state index in [2.05, 4.69) is 4.90 Å². The molecule has 1 fully saturated rings. The lowest BCUT2D eigenvalue weighted by Gasteiger charge is -2.33. The molecule has 1 heterocycles. The van der Waals surface area contributed by atoms with E-state index in [1.165, 1.54) is 0 Å². The zero-order chi connectivity index (χ0) is 11.5. The maximum absolute atomic E-state index is 5.81. The van der Waals surface area contributed by atoms with Gasteiger partial charge in [0.2, 0.25) is 0 Å². The fourth-order valence-electron chi connectivity index (χ4n) is 2.12. The van der Waals surface area contributed by atoms with Crippen molar-refractivity contribution in [3.05, 3.63) is 18.2 Å². The Kier molecular flexibility index (Phi) is 3.19. The topological polar surface area (TPSA) is 64.5 Å². The van der Waals surface area contributed by atoms with Crippen molar-refractivity contribution in [1.82, 2.24) is 0 Å². The molecule has 0 spiro atoms. The van der Waals surface area contributed by atoms with Gasteiger partial charge in [-0.25, -0.2) is 0 Å². The number of hydrogen-bond donors (Lipinski definition) is 2. The Labute approximate surface area is 96.2 Å². The number of benzene rings is 1. The molecule has 88 valence electrons. The highest BCUT2D eigenvalue weighted by molar-refractivity contribution is 5.69. The molecule has 4 heteroatoms. The minimum absolute atomic E-state index is 0.326. The first-order valence-corrected chi connectivity index (χ1v) is 5.63. The van der Waals surface area contributed by atoms with E-state index in [4.69, 9.17) is 16.2 Å². The van der Waals surface area contributed by atoms with E-state index in [0.717, 1.165) is 31.6 Å². The van der Waals surface area contributed by atoms with Gasteiger partial charge >= 0.3 is 0 Å². The van der Waals surface area contributed by atoms with Crippen molar-refractivity contribution in [3.63, 3.8) is 0 Å². The number of ether oxygens (including phenoxy) is 1. The molecule has 1 aliphatic rings. The van der Waals surface area contributed by atoms with Crippen molar-refractivity contribution in [2.75, 3.05) is 36.6 Å². The molecule has 1 atom stereocenters. The molecule has 1 unspecified atom stereocenters. The first-order chi connectivity index (χ1) is 7.70. The number of rotatable bonds is 2. The number of nitrogen functional groups attached to an aromatic ring is 2. The van der Waals surface area contributed by atoms with Gasteiger partial charge in [-0.05, 0) is 31.0 Å². The van der Waals surface area contributed by atoms with Gasteiger partial charge in [0.1, 0.15) is 0 Å². The van der Waals surface area contributed by atoms with Crippen LogP contribution in [0, 0.1) is 0 Å². The van der Waals surface area contributed by atoms with Crippen LogP contribution in [0.2, 0.25) is 0 Å². The number of methoxy groups -OCH3 is 1. The second kappa shape index (κ2) is 4.61. The van der Waals surface area contributed by atoms with E-state index in [9.17, 15) is 0 Å². The Balaban J connectivity index is 2.13. The highest BCUT2D eigenvalue weighted by atomic mass is 16.5. The van der Waals surface area contributed by atoms with E-state index in [1.54, 1.807) is 7.11 Å². The van der Waals surface area contributed by atoms with E-state index in [0.29, 0.717) is 17.5 Å². The predicted octanol–water partition coefficient (Wildman–Crippen LogP) is 1.47. The summed E-state index contributed by atoms with van der Waals surface area (Å²) in [6, 6.07) is 5.82. The second-order valence-corrected chi connectivity index (χ2v) is 4.26. The van der Waals surface area contributed by atoms with Crippen LogP contribution in [0.1, 0.15) is 12.8 Å². The summed E-state index contributed by atoms with van der Waals surface area (Å²) in [6.07, 6.45) is 2.62. The molecule has 0 aromatic heterocycles. The number of anilines is 3. The smallest absolute Gasteiger partial charge is 0.0746 e. The fourth-order valence-corrected chi connectivity index (χ4v) is 2.12. The first-order valence-electron chi connectivity index (χ1n) is 5.63. The summed E-state index contributed by atoms with van der Waals surface area (Å²) in [6.45, 7) is 1.99. The third kappa shape index (κ3) is 2.22. The van der Waals surface area contributed by atoms with Crippen LogP contribution >= 0.6 is 0 Å². The molecule has 0 radical (unpaired) electrons. The maximum Gasteiger partial charge on any atom is 0.0746 e. The lowest BCUT2D eigenvalue weighted by atomic mass is 10.1. The third-order valence-electron chi connectivity index (χ3n) is 3.15. The van der Waals surface area contributed by atoms with Crippen molar-refractivity contribution in [2.45, 2.75) is 18.9 Å². The zero-order valence-electron chi connectivity index (χ0n) is 9.65. The quantitative estimate of drug-likeness (QED) is 0.742. The SMILES string of the molecule is COC1CCCN(c2ccc(N)c(N)c2)C1. The molecule has 0 bridgehead atoms. The Morgan fingerprint density at radius 2 is 2.12 bits per heavy atom. The van der Waals surface area contributed by atoms with Gasteiger partial charge in [-0.1, -0.05) is 0 Å². The molecule has 1 aromatic carbocycles. The molecule has 1 saturated heterocycles. The second-order valence-electron chi connectivity index (χ2n) is 4.26. The maximum atomic E-state index is 5.81. The summed E-state index contributed by atoms with van der Waals surface area (Å²) in [4.78, 5) is 2.30. The van der Waals surface area contributed by atoms with E-state index < -0.39 is 0 Å². The van der Waals surface area contributed by atoms with Gasteiger partial charge in [0.05, 0.1) is 17.5 Å². The molecular weight excluding hydrogens is 202 g/mol. The summed E-state index contributed by atoms with van der Waals surface area (Å²) < 4.78 is 5.40. The van der Waals surface area contributed by atoms with Crippen molar-refractivity contribution in [2.24, 2.45) is 0 Å². The highest BCUT2D eigenvalue weighted by Crippen LogP contribution is 2.26. The van der Waals surface area contributed by atoms with Gasteiger partial charge in [0.25, 0.3) is 0 Å². The standard InChI is InChI=1S/C12H19N3O/c1-16-10-3-2-6-15(8-10)9-4-5-11(13)12(14)7-9/h4-5,7,10H,2-3,6,8,13-14H2,1H3. The molecule has 4 nitrogen and oxygen atoms in total. The van der Waals surface area contributed by atoms with E-state index in [1.807, 2.05) is 18.2 Å². The summed E-state index contributed by atoms with van der Waals surface area (Å²) in [7, 11) is 1.77. The molecule has 16 heavy (non-hydrogen) atoms. The summed E-state index contributed by atoms with van der Waals surface area (Å²) >= 11 is 0. The molecule has 1 aliphatic heterocycles. The zero-order valence-corrected chi connectivity index (χ0v) is 9.65. The average molecular weight is 221 g/mol. The van der Waals surface area contributed by atoms with Crippen LogP contribution < -0.4 is 16.4 Å². The predicted molar refractivity (Wildman–Crippen MR) is 67.5 cm³/mol. The summed E-state index contributed by atoms with van der Waals surface area (Å²) in [5.74, 6) is 0. The fraction of sp³-hybridized carbons (Fsp3) is 0.500. The van der Waals surface area contributed by atoms with Gasteiger partial charge < -0.3 is 21.1 Å². The molecule has 0 aliphatic carbocycles. The number of hydrogen-bond acceptors (Lipinski definition) is 4. The van der Waals surface area contributed by atoms with Crippen molar-refractivity contribution in [3.8, 4) is 0 Å². The minimum Gasteiger partial charge on any atom is -0.397 e. The number of nitrogens with two attached hydrogens (primary N) is 2. The average Bonchev–Trinajstić information content (AvgIpc) is 2.33. The normalized spacial score (nSPS) is 21.1. The van der Waals surface area contributed by atoms with Crippen molar-refractivity contribution < 1.29 is 4.74 Å². The first kappa shape index (κ1) is 11.1. The van der Waals surface area contributed by atoms with Crippen LogP contribution in [0.3, 0.4) is 0 Å². The van der Waals surface area contributed by atoms with Gasteiger partial charge in [-0.2, -0.15) is 0 Å². The largest absolute Gasteiger partial charge is 0.397 e. The molecule has 0 saturated carbocycles. The van der Waals surface area contributed by atoms with Gasteiger partial charge in [-0.3, -0.25) is 0 Å². The monoisotopic (exact) mass is 221 g/mol. The van der Waals surface area contributed by atoms with Crippen LogP contribution in [-0.4, -0.2) is 26.3 Å². The Hall–Kier alpha value is -1.42. The van der Waals surface area contributed by atoms with Crippen LogP contribution in [0.15, 0.2) is 18.2 Å². The minimum atomic E-state index is 0.326. The Bertz CT molecular complexity index is 367. The van der Waals surface area contributed by atoms with Crippen molar-refractivity contribution in [1.29, 1.82) is 0 Å². The third-order valence-corrected chi connectivity index (χ3v) is 3.15. The van der Waals surface area contributed by atoms with E-state index >= 15 is 0 Å². The highest BCUT2D eigenvalue weighted by Gasteiger charge is 2.19. The lowest BCUT2D eigenvalue weighted by Crippen LogP contribution is -2.39. The lowest BCUT2D eigenvalue weighted by molar-refractivity contribution is 0.0893. The van der Waals surface area contributed by atoms with Crippen molar-refractivity contribution >= 4 is 17.1 Å². The van der Waals surface area contributed by atoms with Gasteiger partial charge in [0, 0.05) is 25.9 Å². The molecule has 4 N–H and O–H groups in total. The number of piperidine rings is 1.